The van der Waals surface area contributed by atoms with Crippen LogP contribution in [0.15, 0.2) is 24.3 Å². The summed E-state index contributed by atoms with van der Waals surface area (Å²) in [5.41, 5.74) is -0.0917. The highest BCUT2D eigenvalue weighted by molar-refractivity contribution is 5.89. The van der Waals surface area contributed by atoms with E-state index < -0.39 is 24.9 Å². The number of halogens is 3. The number of rotatable bonds is 5. The number of carbonyl (C=O) groups excluding carboxylic acids is 1. The number of anilines is 1. The van der Waals surface area contributed by atoms with E-state index in [1.54, 1.807) is 0 Å². The van der Waals surface area contributed by atoms with E-state index in [0.717, 1.165) is 0 Å². The van der Waals surface area contributed by atoms with E-state index in [-0.39, 0.29) is 23.4 Å². The molecule has 0 aliphatic heterocycles. The standard InChI is InChI=1S/C15H21F3N2O3/c1-14(2,3)12(21)8-19-13(22)20-10-5-4-6-11(7-10)23-9-15(16,17)18/h4-7,12,21H,8-9H2,1-3H3,(H2,19,20,22). The van der Waals surface area contributed by atoms with E-state index in [4.69, 9.17) is 0 Å². The third-order valence-electron chi connectivity index (χ3n) is 2.95. The van der Waals surface area contributed by atoms with Crippen LogP contribution in [0.2, 0.25) is 0 Å². The molecule has 0 aliphatic carbocycles. The smallest absolute Gasteiger partial charge is 0.422 e. The summed E-state index contributed by atoms with van der Waals surface area (Å²) in [6, 6.07) is 5.05. The summed E-state index contributed by atoms with van der Waals surface area (Å²) in [7, 11) is 0. The molecule has 1 rings (SSSR count). The lowest BCUT2D eigenvalue weighted by molar-refractivity contribution is -0.153. The molecule has 0 heterocycles. The predicted octanol–water partition coefficient (Wildman–Crippen LogP) is 3.16. The van der Waals surface area contributed by atoms with Crippen molar-refractivity contribution in [2.24, 2.45) is 5.41 Å². The molecule has 0 bridgehead atoms. The number of nitrogens with one attached hydrogen (secondary N) is 2. The zero-order valence-electron chi connectivity index (χ0n) is 13.2. The molecule has 0 saturated heterocycles. The fourth-order valence-corrected chi connectivity index (χ4v) is 1.50. The molecule has 3 N–H and O–H groups in total. The Morgan fingerprint density at radius 3 is 2.52 bits per heavy atom. The number of ether oxygens (including phenoxy) is 1. The van der Waals surface area contributed by atoms with Crippen molar-refractivity contribution in [2.45, 2.75) is 33.1 Å². The second-order valence-corrected chi connectivity index (χ2v) is 6.15. The van der Waals surface area contributed by atoms with Gasteiger partial charge in [0.15, 0.2) is 6.61 Å². The molecule has 0 fully saturated rings. The van der Waals surface area contributed by atoms with E-state index >= 15 is 0 Å². The Morgan fingerprint density at radius 2 is 1.96 bits per heavy atom. The minimum atomic E-state index is -4.43. The summed E-state index contributed by atoms with van der Waals surface area (Å²) in [5.74, 6) is -0.00477. The average Bonchev–Trinajstić information content (AvgIpc) is 2.41. The lowest BCUT2D eigenvalue weighted by atomic mass is 9.89. The Morgan fingerprint density at radius 1 is 1.30 bits per heavy atom. The largest absolute Gasteiger partial charge is 0.484 e. The molecular weight excluding hydrogens is 313 g/mol. The maximum atomic E-state index is 12.1. The van der Waals surface area contributed by atoms with Crippen molar-refractivity contribution >= 4 is 11.7 Å². The number of hydrogen-bond donors (Lipinski definition) is 3. The van der Waals surface area contributed by atoms with Gasteiger partial charge >= 0.3 is 12.2 Å². The lowest BCUT2D eigenvalue weighted by Gasteiger charge is -2.25. The van der Waals surface area contributed by atoms with Crippen molar-refractivity contribution in [3.8, 4) is 5.75 Å². The molecule has 1 atom stereocenters. The van der Waals surface area contributed by atoms with Crippen LogP contribution in [0.3, 0.4) is 0 Å². The topological polar surface area (TPSA) is 70.6 Å². The Kier molecular flexibility index (Phi) is 6.26. The molecule has 23 heavy (non-hydrogen) atoms. The summed E-state index contributed by atoms with van der Waals surface area (Å²) in [4.78, 5) is 11.7. The molecular formula is C15H21F3N2O3. The van der Waals surface area contributed by atoms with Crippen molar-refractivity contribution in [1.29, 1.82) is 0 Å². The van der Waals surface area contributed by atoms with Gasteiger partial charge in [-0.3, -0.25) is 0 Å². The molecule has 0 aromatic heterocycles. The van der Waals surface area contributed by atoms with E-state index in [1.165, 1.54) is 24.3 Å². The van der Waals surface area contributed by atoms with Gasteiger partial charge < -0.3 is 20.5 Å². The highest BCUT2D eigenvalue weighted by Gasteiger charge is 2.28. The first kappa shape index (κ1) is 19.1. The maximum absolute atomic E-state index is 12.1. The minimum absolute atomic E-state index is 0.00477. The van der Waals surface area contributed by atoms with Crippen LogP contribution in [0.1, 0.15) is 20.8 Å². The first-order valence-corrected chi connectivity index (χ1v) is 7.00. The number of alkyl halides is 3. The molecule has 8 heteroatoms. The number of urea groups is 1. The number of aliphatic hydroxyl groups excluding tert-OH is 1. The zero-order valence-corrected chi connectivity index (χ0v) is 13.2. The van der Waals surface area contributed by atoms with E-state index in [1.807, 2.05) is 20.8 Å². The molecule has 0 radical (unpaired) electrons. The van der Waals surface area contributed by atoms with E-state index in [2.05, 4.69) is 15.4 Å². The van der Waals surface area contributed by atoms with Crippen molar-refractivity contribution in [3.05, 3.63) is 24.3 Å². The molecule has 0 aliphatic rings. The summed E-state index contributed by atoms with van der Waals surface area (Å²) >= 11 is 0. The first-order chi connectivity index (χ1) is 10.5. The van der Waals surface area contributed by atoms with Crippen LogP contribution in [0, 0.1) is 5.41 Å². The Balaban J connectivity index is 2.52. The molecule has 130 valence electrons. The SMILES string of the molecule is CC(C)(C)C(O)CNC(=O)Nc1cccc(OCC(F)(F)F)c1. The minimum Gasteiger partial charge on any atom is -0.484 e. The highest BCUT2D eigenvalue weighted by Crippen LogP contribution is 2.21. The van der Waals surface area contributed by atoms with Crippen molar-refractivity contribution in [3.63, 3.8) is 0 Å². The van der Waals surface area contributed by atoms with E-state index in [0.29, 0.717) is 0 Å². The van der Waals surface area contributed by atoms with Crippen LogP contribution in [0.25, 0.3) is 0 Å². The third kappa shape index (κ3) is 7.73. The Hall–Kier alpha value is -1.96. The van der Waals surface area contributed by atoms with Crippen molar-refractivity contribution < 1.29 is 27.8 Å². The van der Waals surface area contributed by atoms with Crippen LogP contribution in [-0.4, -0.2) is 36.6 Å². The Labute approximate surface area is 132 Å². The van der Waals surface area contributed by atoms with Gasteiger partial charge in [0.05, 0.1) is 6.10 Å². The molecule has 1 aromatic rings. The van der Waals surface area contributed by atoms with Gasteiger partial charge in [0, 0.05) is 18.3 Å². The number of benzene rings is 1. The molecule has 0 saturated carbocycles. The molecule has 0 spiro atoms. The summed E-state index contributed by atoms with van der Waals surface area (Å²) in [5, 5.41) is 14.8. The van der Waals surface area contributed by atoms with Crippen LogP contribution in [0.4, 0.5) is 23.7 Å². The van der Waals surface area contributed by atoms with Crippen LogP contribution >= 0.6 is 0 Å². The molecule has 2 amide bonds. The highest BCUT2D eigenvalue weighted by atomic mass is 19.4. The quantitative estimate of drug-likeness (QED) is 0.775. The van der Waals surface area contributed by atoms with E-state index in [9.17, 15) is 23.1 Å². The average molecular weight is 334 g/mol. The predicted molar refractivity (Wildman–Crippen MR) is 80.5 cm³/mol. The normalized spacial score (nSPS) is 13.3. The van der Waals surface area contributed by atoms with Gasteiger partial charge in [-0.15, -0.1) is 0 Å². The first-order valence-electron chi connectivity index (χ1n) is 7.00. The summed E-state index contributed by atoms with van der Waals surface area (Å²) < 4.78 is 40.9. The third-order valence-corrected chi connectivity index (χ3v) is 2.95. The zero-order chi connectivity index (χ0) is 17.7. The fraction of sp³-hybridized carbons (Fsp3) is 0.533. The van der Waals surface area contributed by atoms with Crippen molar-refractivity contribution in [1.82, 2.24) is 5.32 Å². The fourth-order valence-electron chi connectivity index (χ4n) is 1.50. The Bertz CT molecular complexity index is 527. The maximum Gasteiger partial charge on any atom is 0.422 e. The molecule has 1 aromatic carbocycles. The number of amides is 2. The van der Waals surface area contributed by atoms with Gasteiger partial charge in [-0.25, -0.2) is 4.79 Å². The van der Waals surface area contributed by atoms with Crippen LogP contribution in [0.5, 0.6) is 5.75 Å². The summed E-state index contributed by atoms with van der Waals surface area (Å²) in [6.07, 6.45) is -5.15. The molecule has 5 nitrogen and oxygen atoms in total. The van der Waals surface area contributed by atoms with Gasteiger partial charge in [0.2, 0.25) is 0 Å². The van der Waals surface area contributed by atoms with Gasteiger partial charge in [0.25, 0.3) is 0 Å². The van der Waals surface area contributed by atoms with Crippen LogP contribution < -0.4 is 15.4 Å². The molecule has 1 unspecified atom stereocenters. The van der Waals surface area contributed by atoms with Crippen molar-refractivity contribution in [2.75, 3.05) is 18.5 Å². The van der Waals surface area contributed by atoms with Gasteiger partial charge in [0.1, 0.15) is 5.75 Å². The number of aliphatic hydroxyl groups is 1. The lowest BCUT2D eigenvalue weighted by Crippen LogP contribution is -2.40. The van der Waals surface area contributed by atoms with Crippen LogP contribution in [-0.2, 0) is 0 Å². The van der Waals surface area contributed by atoms with Gasteiger partial charge in [-0.1, -0.05) is 26.8 Å². The number of hydrogen-bond acceptors (Lipinski definition) is 3. The van der Waals surface area contributed by atoms with Gasteiger partial charge in [-0.2, -0.15) is 13.2 Å². The second-order valence-electron chi connectivity index (χ2n) is 6.15. The summed E-state index contributed by atoms with van der Waals surface area (Å²) in [6.45, 7) is 4.15. The second kappa shape index (κ2) is 7.54. The monoisotopic (exact) mass is 334 g/mol. The van der Waals surface area contributed by atoms with Gasteiger partial charge in [-0.05, 0) is 17.5 Å². The number of carbonyl (C=O) groups is 1.